The average molecular weight is 359 g/mol. The van der Waals surface area contributed by atoms with Crippen molar-refractivity contribution in [2.45, 2.75) is 6.18 Å². The fourth-order valence-electron chi connectivity index (χ4n) is 2.09. The molecule has 2 aromatic rings. The average Bonchev–Trinajstić information content (AvgIpc) is 2.63. The molecule has 0 aliphatic heterocycles. The van der Waals surface area contributed by atoms with E-state index in [9.17, 15) is 13.2 Å². The Bertz CT molecular complexity index is 862. The largest absolute Gasteiger partial charge is 0.416 e. The Balaban J connectivity index is 2.24. The molecule has 0 saturated heterocycles. The number of nitrogens with one attached hydrogen (secondary N) is 3. The van der Waals surface area contributed by atoms with Gasteiger partial charge >= 0.3 is 6.18 Å². The second-order valence-corrected chi connectivity index (χ2v) is 5.10. The number of hydrogen-bond donors (Lipinski definition) is 3. The lowest BCUT2D eigenvalue weighted by Crippen LogP contribution is -2.04. The highest BCUT2D eigenvalue weighted by atomic mass is 19.4. The fourth-order valence-corrected chi connectivity index (χ4v) is 2.09. The molecule has 0 aliphatic rings. The van der Waals surface area contributed by atoms with Gasteiger partial charge in [0.25, 0.3) is 0 Å². The van der Waals surface area contributed by atoms with Crippen molar-refractivity contribution in [2.24, 2.45) is 0 Å². The first kappa shape index (κ1) is 18.9. The highest BCUT2D eigenvalue weighted by Crippen LogP contribution is 2.29. The first-order valence-corrected chi connectivity index (χ1v) is 7.47. The van der Waals surface area contributed by atoms with Gasteiger partial charge in [0.05, 0.1) is 11.3 Å². The number of anilines is 2. The van der Waals surface area contributed by atoms with Crippen molar-refractivity contribution in [3.05, 3.63) is 72.0 Å². The Hall–Kier alpha value is -3.40. The second-order valence-electron chi connectivity index (χ2n) is 5.10. The van der Waals surface area contributed by atoms with Crippen LogP contribution in [0.5, 0.6) is 0 Å². The van der Waals surface area contributed by atoms with Crippen LogP contribution in [-0.2, 0) is 11.0 Å². The summed E-state index contributed by atoms with van der Waals surface area (Å²) in [6.45, 7) is 3.42. The van der Waals surface area contributed by atoms with E-state index in [4.69, 9.17) is 10.2 Å². The third-order valence-corrected chi connectivity index (χ3v) is 3.36. The molecule has 0 fully saturated rings. The molecule has 0 aromatic heterocycles. The molecule has 3 N–H and O–H groups in total. The molecular formula is C19H16F3N3O. The minimum atomic E-state index is -4.39. The van der Waals surface area contributed by atoms with Crippen molar-refractivity contribution < 1.29 is 18.0 Å². The molecular weight excluding hydrogens is 343 g/mol. The summed E-state index contributed by atoms with van der Waals surface area (Å²) < 4.78 is 37.7. The number of benzene rings is 2. The van der Waals surface area contributed by atoms with Crippen molar-refractivity contribution in [3.63, 3.8) is 0 Å². The Morgan fingerprint density at radius 3 is 2.46 bits per heavy atom. The van der Waals surface area contributed by atoms with Crippen LogP contribution in [0.2, 0.25) is 0 Å². The van der Waals surface area contributed by atoms with Crippen LogP contribution in [0.25, 0.3) is 0 Å². The molecule has 26 heavy (non-hydrogen) atoms. The second kappa shape index (κ2) is 8.12. The zero-order valence-electron chi connectivity index (χ0n) is 13.9. The van der Waals surface area contributed by atoms with Crippen LogP contribution >= 0.6 is 0 Å². The van der Waals surface area contributed by atoms with Gasteiger partial charge in [-0.05, 0) is 48.4 Å². The van der Waals surface area contributed by atoms with E-state index in [1.807, 2.05) is 0 Å². The minimum absolute atomic E-state index is 0.0106. The zero-order chi connectivity index (χ0) is 19.2. The number of rotatable bonds is 5. The lowest BCUT2D eigenvalue weighted by atomic mass is 10.1. The fraction of sp³-hybridized carbons (Fsp3) is 0.105. The highest BCUT2D eigenvalue weighted by molar-refractivity contribution is 6.14. The van der Waals surface area contributed by atoms with E-state index >= 15 is 0 Å². The van der Waals surface area contributed by atoms with Crippen molar-refractivity contribution in [3.8, 4) is 11.8 Å². The van der Waals surface area contributed by atoms with Gasteiger partial charge in [-0.1, -0.05) is 12.5 Å². The van der Waals surface area contributed by atoms with Crippen LogP contribution in [0.4, 0.5) is 24.5 Å². The summed E-state index contributed by atoms with van der Waals surface area (Å²) in [5.74, 6) is 5.35. The van der Waals surface area contributed by atoms with Gasteiger partial charge in [0.2, 0.25) is 0 Å². The van der Waals surface area contributed by atoms with E-state index in [1.54, 1.807) is 25.2 Å². The monoisotopic (exact) mass is 359 g/mol. The summed E-state index contributed by atoms with van der Waals surface area (Å²) in [4.78, 5) is 4.89. The SMILES string of the molecule is C=CONc1ccc(NC)c(C(=N)C#Cc2ccc(C(F)(F)F)cc2)c1. The Morgan fingerprint density at radius 2 is 1.88 bits per heavy atom. The van der Waals surface area contributed by atoms with Crippen molar-refractivity contribution in [1.82, 2.24) is 0 Å². The molecule has 2 rings (SSSR count). The summed E-state index contributed by atoms with van der Waals surface area (Å²) in [7, 11) is 1.71. The van der Waals surface area contributed by atoms with E-state index in [1.165, 1.54) is 18.4 Å². The molecule has 0 atom stereocenters. The standard InChI is InChI=1S/C19H16F3N3O/c1-3-26-25-15-9-11-18(24-2)16(12-15)17(23)10-6-13-4-7-14(8-5-13)19(20,21)22/h3-5,7-9,11-12,23-25H,1H2,2H3. The van der Waals surface area contributed by atoms with Gasteiger partial charge in [0.1, 0.15) is 12.0 Å². The van der Waals surface area contributed by atoms with Gasteiger partial charge in [0, 0.05) is 23.9 Å². The van der Waals surface area contributed by atoms with Crippen LogP contribution in [0.3, 0.4) is 0 Å². The molecule has 0 heterocycles. The predicted octanol–water partition coefficient (Wildman–Crippen LogP) is 4.65. The first-order chi connectivity index (χ1) is 12.3. The third-order valence-electron chi connectivity index (χ3n) is 3.36. The molecule has 0 amide bonds. The summed E-state index contributed by atoms with van der Waals surface area (Å²) >= 11 is 0. The molecule has 0 saturated carbocycles. The molecule has 0 spiro atoms. The van der Waals surface area contributed by atoms with Gasteiger partial charge in [-0.15, -0.1) is 0 Å². The Morgan fingerprint density at radius 1 is 1.19 bits per heavy atom. The van der Waals surface area contributed by atoms with E-state index in [2.05, 4.69) is 29.2 Å². The van der Waals surface area contributed by atoms with E-state index in [0.717, 1.165) is 12.1 Å². The molecule has 4 nitrogen and oxygen atoms in total. The third kappa shape index (κ3) is 4.80. The molecule has 0 bridgehead atoms. The lowest BCUT2D eigenvalue weighted by Gasteiger charge is -2.10. The van der Waals surface area contributed by atoms with Gasteiger partial charge in [0.15, 0.2) is 0 Å². The topological polar surface area (TPSA) is 57.1 Å². The van der Waals surface area contributed by atoms with Crippen LogP contribution < -0.4 is 10.8 Å². The maximum absolute atomic E-state index is 12.6. The molecule has 7 heteroatoms. The summed E-state index contributed by atoms with van der Waals surface area (Å²) in [6.07, 6.45) is -3.16. The summed E-state index contributed by atoms with van der Waals surface area (Å²) in [5, 5.41) is 11.1. The first-order valence-electron chi connectivity index (χ1n) is 7.47. The predicted molar refractivity (Wildman–Crippen MR) is 96.0 cm³/mol. The number of halogens is 3. The minimum Gasteiger partial charge on any atom is -0.391 e. The van der Waals surface area contributed by atoms with Crippen molar-refractivity contribution in [2.75, 3.05) is 17.8 Å². The van der Waals surface area contributed by atoms with Gasteiger partial charge in [-0.3, -0.25) is 5.41 Å². The molecule has 134 valence electrons. The van der Waals surface area contributed by atoms with E-state index in [0.29, 0.717) is 22.5 Å². The van der Waals surface area contributed by atoms with Gasteiger partial charge in [-0.25, -0.2) is 5.48 Å². The smallest absolute Gasteiger partial charge is 0.391 e. The summed E-state index contributed by atoms with van der Waals surface area (Å²) in [5.41, 5.74) is 4.09. The van der Waals surface area contributed by atoms with Crippen LogP contribution in [-0.4, -0.2) is 12.8 Å². The number of alkyl halides is 3. The molecule has 0 unspecified atom stereocenters. The van der Waals surface area contributed by atoms with E-state index in [-0.39, 0.29) is 5.71 Å². The maximum atomic E-state index is 12.6. The number of hydrogen-bond acceptors (Lipinski definition) is 4. The summed E-state index contributed by atoms with van der Waals surface area (Å²) in [6, 6.07) is 9.64. The normalized spacial score (nSPS) is 10.3. The van der Waals surface area contributed by atoms with Crippen LogP contribution in [0, 0.1) is 17.3 Å². The zero-order valence-corrected chi connectivity index (χ0v) is 13.9. The Labute approximate surface area is 149 Å². The van der Waals surface area contributed by atoms with E-state index < -0.39 is 11.7 Å². The highest BCUT2D eigenvalue weighted by Gasteiger charge is 2.29. The molecule has 0 radical (unpaired) electrons. The van der Waals surface area contributed by atoms with Crippen LogP contribution in [0.15, 0.2) is 55.3 Å². The van der Waals surface area contributed by atoms with Crippen molar-refractivity contribution in [1.29, 1.82) is 5.41 Å². The molecule has 0 aliphatic carbocycles. The maximum Gasteiger partial charge on any atom is 0.416 e. The quantitative estimate of drug-likeness (QED) is 0.315. The van der Waals surface area contributed by atoms with Crippen molar-refractivity contribution >= 4 is 17.1 Å². The van der Waals surface area contributed by atoms with Gasteiger partial charge in [-0.2, -0.15) is 13.2 Å². The lowest BCUT2D eigenvalue weighted by molar-refractivity contribution is -0.137. The Kier molecular flexibility index (Phi) is 5.91. The molecule has 2 aromatic carbocycles. The van der Waals surface area contributed by atoms with Crippen LogP contribution in [0.1, 0.15) is 16.7 Å². The van der Waals surface area contributed by atoms with Gasteiger partial charge < -0.3 is 10.2 Å².